The molecule has 1 aromatic heterocycles. The number of halogens is 2. The predicted octanol–water partition coefficient (Wildman–Crippen LogP) is 6.42. The first kappa shape index (κ1) is 23.3. The first-order valence-electron chi connectivity index (χ1n) is 11.6. The minimum absolute atomic E-state index is 0.0696. The normalized spacial score (nSPS) is 18.1. The highest BCUT2D eigenvalue weighted by Crippen LogP contribution is 2.45. The molecular weight excluding hydrogens is 489 g/mol. The van der Waals surface area contributed by atoms with Crippen molar-refractivity contribution in [3.05, 3.63) is 74.8 Å². The molecule has 0 radical (unpaired) electrons. The first-order valence-corrected chi connectivity index (χ1v) is 13.2. The second-order valence-electron chi connectivity index (χ2n) is 8.88. The number of benzene rings is 2. The average Bonchev–Trinajstić information content (AvgIpc) is 3.60. The van der Waals surface area contributed by atoms with Crippen molar-refractivity contribution in [3.8, 4) is 10.4 Å². The molecule has 8 heteroatoms. The molecule has 2 fully saturated rings. The highest BCUT2D eigenvalue weighted by atomic mass is 35.5. The molecule has 2 heterocycles. The smallest absolute Gasteiger partial charge is 0.274 e. The lowest BCUT2D eigenvalue weighted by Crippen LogP contribution is -2.49. The number of nitrogens with zero attached hydrogens (tertiary/aromatic N) is 2. The zero-order valence-corrected chi connectivity index (χ0v) is 20.9. The van der Waals surface area contributed by atoms with Gasteiger partial charge >= 0.3 is 0 Å². The van der Waals surface area contributed by atoms with Crippen molar-refractivity contribution in [2.24, 2.45) is 0 Å². The van der Waals surface area contributed by atoms with Gasteiger partial charge in [-0.25, -0.2) is 4.98 Å². The third-order valence-electron chi connectivity index (χ3n) is 6.33. The number of piperidine rings is 1. The molecule has 2 aromatic carbocycles. The van der Waals surface area contributed by atoms with E-state index in [0.29, 0.717) is 40.3 Å². The topological polar surface area (TPSA) is 62.3 Å². The molecule has 0 bridgehead atoms. The van der Waals surface area contributed by atoms with Crippen LogP contribution in [0.1, 0.15) is 63.9 Å². The van der Waals surface area contributed by atoms with E-state index < -0.39 is 0 Å². The molecule has 1 aliphatic heterocycles. The summed E-state index contributed by atoms with van der Waals surface area (Å²) in [6, 6.07) is 14.4. The van der Waals surface area contributed by atoms with Gasteiger partial charge in [0, 0.05) is 40.7 Å². The number of thiazole rings is 1. The fourth-order valence-corrected chi connectivity index (χ4v) is 5.97. The van der Waals surface area contributed by atoms with E-state index in [1.807, 2.05) is 29.2 Å². The maximum atomic E-state index is 13.8. The average molecular weight is 514 g/mol. The molecule has 34 heavy (non-hydrogen) atoms. The highest BCUT2D eigenvalue weighted by molar-refractivity contribution is 7.15. The van der Waals surface area contributed by atoms with Crippen LogP contribution in [0.2, 0.25) is 10.0 Å². The van der Waals surface area contributed by atoms with E-state index in [1.54, 1.807) is 35.6 Å². The third-order valence-corrected chi connectivity index (χ3v) is 8.07. The summed E-state index contributed by atoms with van der Waals surface area (Å²) in [4.78, 5) is 34.0. The van der Waals surface area contributed by atoms with Crippen LogP contribution in [0, 0.1) is 0 Å². The Labute approximate surface area is 213 Å². The standard InChI is InChI=1S/C26H25Cl2N3O2S/c27-19-7-3-5-17(13-19)23-22(30-25(34-23)16-10-11-16)26(33)31-12-2-1-9-21(31)15-29-24(32)18-6-4-8-20(28)14-18/h3-8,13-14,16,21H,1-2,9-12,15H2,(H,29,32). The van der Waals surface area contributed by atoms with Crippen molar-refractivity contribution in [1.82, 2.24) is 15.2 Å². The van der Waals surface area contributed by atoms with Crippen molar-refractivity contribution < 1.29 is 9.59 Å². The van der Waals surface area contributed by atoms with Crippen LogP contribution in [0.15, 0.2) is 48.5 Å². The summed E-state index contributed by atoms with van der Waals surface area (Å²) in [5.74, 6) is 0.197. The van der Waals surface area contributed by atoms with Crippen LogP contribution in [0.5, 0.6) is 0 Å². The van der Waals surface area contributed by atoms with Crippen LogP contribution in [-0.2, 0) is 0 Å². The molecule has 0 spiro atoms. The maximum Gasteiger partial charge on any atom is 0.274 e. The summed E-state index contributed by atoms with van der Waals surface area (Å²) in [5.41, 5.74) is 1.93. The molecule has 3 aromatic rings. The summed E-state index contributed by atoms with van der Waals surface area (Å²) in [7, 11) is 0. The van der Waals surface area contributed by atoms with E-state index in [-0.39, 0.29) is 17.9 Å². The van der Waals surface area contributed by atoms with E-state index >= 15 is 0 Å². The lowest BCUT2D eigenvalue weighted by Gasteiger charge is -2.35. The van der Waals surface area contributed by atoms with Gasteiger partial charge in [-0.1, -0.05) is 41.4 Å². The maximum absolute atomic E-state index is 13.8. The Morgan fingerprint density at radius 2 is 1.79 bits per heavy atom. The number of rotatable bonds is 6. The summed E-state index contributed by atoms with van der Waals surface area (Å²) < 4.78 is 0. The van der Waals surface area contributed by atoms with Gasteiger partial charge in [0.15, 0.2) is 0 Å². The molecule has 2 amide bonds. The molecule has 5 nitrogen and oxygen atoms in total. The Morgan fingerprint density at radius 3 is 2.53 bits per heavy atom. The van der Waals surface area contributed by atoms with E-state index in [1.165, 1.54) is 0 Å². The summed E-state index contributed by atoms with van der Waals surface area (Å²) in [5, 5.41) is 5.18. The highest BCUT2D eigenvalue weighted by Gasteiger charge is 2.34. The minimum Gasteiger partial charge on any atom is -0.350 e. The summed E-state index contributed by atoms with van der Waals surface area (Å²) >= 11 is 13.9. The number of hydrogen-bond donors (Lipinski definition) is 1. The van der Waals surface area contributed by atoms with Gasteiger partial charge in [-0.15, -0.1) is 11.3 Å². The lowest BCUT2D eigenvalue weighted by atomic mass is 10.0. The van der Waals surface area contributed by atoms with Crippen molar-refractivity contribution >= 4 is 46.4 Å². The van der Waals surface area contributed by atoms with Crippen LogP contribution in [0.4, 0.5) is 0 Å². The van der Waals surface area contributed by atoms with Crippen LogP contribution in [0.25, 0.3) is 10.4 Å². The molecular formula is C26H25Cl2N3O2S. The zero-order valence-electron chi connectivity index (χ0n) is 18.6. The SMILES string of the molecule is O=C(NCC1CCCCN1C(=O)c1nc(C2CC2)sc1-c1cccc(Cl)c1)c1cccc(Cl)c1. The Morgan fingerprint density at radius 1 is 1.03 bits per heavy atom. The van der Waals surface area contributed by atoms with Crippen LogP contribution in [0.3, 0.4) is 0 Å². The van der Waals surface area contributed by atoms with E-state index in [4.69, 9.17) is 28.2 Å². The van der Waals surface area contributed by atoms with Gasteiger partial charge in [0.1, 0.15) is 5.69 Å². The number of carbonyl (C=O) groups is 2. The quantitative estimate of drug-likeness (QED) is 0.413. The van der Waals surface area contributed by atoms with Crippen LogP contribution in [-0.4, -0.2) is 40.8 Å². The molecule has 1 atom stereocenters. The number of hydrogen-bond acceptors (Lipinski definition) is 4. The number of amides is 2. The number of carbonyl (C=O) groups excluding carboxylic acids is 2. The summed E-state index contributed by atoms with van der Waals surface area (Å²) in [6.07, 6.45) is 5.05. The Bertz CT molecular complexity index is 1220. The van der Waals surface area contributed by atoms with Gasteiger partial charge in [-0.05, 0) is 68.0 Å². The van der Waals surface area contributed by atoms with Gasteiger partial charge < -0.3 is 10.2 Å². The molecule has 2 aliphatic rings. The first-order chi connectivity index (χ1) is 16.5. The van der Waals surface area contributed by atoms with E-state index in [9.17, 15) is 9.59 Å². The van der Waals surface area contributed by atoms with Crippen molar-refractivity contribution in [3.63, 3.8) is 0 Å². The van der Waals surface area contributed by atoms with Gasteiger partial charge in [0.05, 0.1) is 9.88 Å². The molecule has 5 rings (SSSR count). The fraction of sp³-hybridized carbons (Fsp3) is 0.346. The Balaban J connectivity index is 1.37. The molecule has 1 saturated carbocycles. The Hall–Kier alpha value is -2.41. The van der Waals surface area contributed by atoms with Crippen molar-refractivity contribution in [2.45, 2.75) is 44.1 Å². The number of aromatic nitrogens is 1. The fourth-order valence-electron chi connectivity index (χ4n) is 4.37. The monoisotopic (exact) mass is 513 g/mol. The Kier molecular flexibility index (Phi) is 6.91. The van der Waals surface area contributed by atoms with Gasteiger partial charge in [-0.3, -0.25) is 9.59 Å². The van der Waals surface area contributed by atoms with Gasteiger partial charge in [0.25, 0.3) is 11.8 Å². The number of likely N-dealkylation sites (tertiary alicyclic amines) is 1. The molecule has 1 unspecified atom stereocenters. The van der Waals surface area contributed by atoms with Crippen LogP contribution >= 0.6 is 34.5 Å². The predicted molar refractivity (Wildman–Crippen MR) is 137 cm³/mol. The van der Waals surface area contributed by atoms with E-state index in [0.717, 1.165) is 47.6 Å². The second kappa shape index (κ2) is 10.1. The van der Waals surface area contributed by atoms with Crippen LogP contribution < -0.4 is 5.32 Å². The van der Waals surface area contributed by atoms with Crippen molar-refractivity contribution in [2.75, 3.05) is 13.1 Å². The van der Waals surface area contributed by atoms with E-state index in [2.05, 4.69) is 5.32 Å². The summed E-state index contributed by atoms with van der Waals surface area (Å²) in [6.45, 7) is 1.05. The van der Waals surface area contributed by atoms with Gasteiger partial charge in [-0.2, -0.15) is 0 Å². The lowest BCUT2D eigenvalue weighted by molar-refractivity contribution is 0.0598. The largest absolute Gasteiger partial charge is 0.350 e. The second-order valence-corrected chi connectivity index (χ2v) is 10.8. The molecule has 1 aliphatic carbocycles. The third kappa shape index (κ3) is 5.14. The molecule has 176 valence electrons. The number of nitrogens with one attached hydrogen (secondary N) is 1. The minimum atomic E-state index is -0.190. The van der Waals surface area contributed by atoms with Gasteiger partial charge in [0.2, 0.25) is 0 Å². The van der Waals surface area contributed by atoms with Crippen molar-refractivity contribution in [1.29, 1.82) is 0 Å². The zero-order chi connectivity index (χ0) is 23.7. The molecule has 1 saturated heterocycles. The molecule has 1 N–H and O–H groups in total.